The van der Waals surface area contributed by atoms with Crippen molar-refractivity contribution in [2.24, 2.45) is 0 Å². The van der Waals surface area contributed by atoms with Gasteiger partial charge in [-0.1, -0.05) is 37.3 Å². The van der Waals surface area contributed by atoms with Gasteiger partial charge in [0.2, 0.25) is 0 Å². The Bertz CT molecular complexity index is 521. The maximum atomic E-state index is 11.6. The van der Waals surface area contributed by atoms with Crippen molar-refractivity contribution in [2.75, 3.05) is 18.6 Å². The van der Waals surface area contributed by atoms with Gasteiger partial charge >= 0.3 is 0 Å². The highest BCUT2D eigenvalue weighted by Crippen LogP contribution is 2.51. The van der Waals surface area contributed by atoms with Crippen LogP contribution in [0.1, 0.15) is 38.2 Å². The summed E-state index contributed by atoms with van der Waals surface area (Å²) in [5.74, 6) is 0.563. The van der Waals surface area contributed by atoms with E-state index in [1.807, 2.05) is 13.1 Å². The van der Waals surface area contributed by atoms with Gasteiger partial charge in [0.05, 0.1) is 5.75 Å². The molecule has 0 amide bonds. The monoisotopic (exact) mass is 295 g/mol. The number of rotatable bonds is 8. The summed E-state index contributed by atoms with van der Waals surface area (Å²) in [6, 6.07) is 11.0. The standard InChI is InChI=1S/C16H25NO2S/c1-3-20(18,19)13-7-10-15(17-2)16(11-12-16)14-8-5-4-6-9-14/h4-6,8-9,15,17H,3,7,10-13H2,1-2H3. The van der Waals surface area contributed by atoms with Crippen molar-refractivity contribution in [3.05, 3.63) is 35.9 Å². The minimum Gasteiger partial charge on any atom is -0.316 e. The molecule has 112 valence electrons. The molecule has 2 rings (SSSR count). The van der Waals surface area contributed by atoms with Gasteiger partial charge in [0.15, 0.2) is 0 Å². The molecule has 1 aromatic carbocycles. The molecule has 1 aromatic rings. The maximum Gasteiger partial charge on any atom is 0.150 e. The number of sulfone groups is 1. The molecule has 0 aliphatic heterocycles. The molecule has 0 radical (unpaired) electrons. The molecule has 1 fully saturated rings. The van der Waals surface area contributed by atoms with Crippen LogP contribution in [0.5, 0.6) is 0 Å². The van der Waals surface area contributed by atoms with Crippen molar-refractivity contribution in [2.45, 2.75) is 44.1 Å². The van der Waals surface area contributed by atoms with Crippen molar-refractivity contribution in [1.82, 2.24) is 5.32 Å². The summed E-state index contributed by atoms with van der Waals surface area (Å²) in [6.45, 7) is 1.72. The molecule has 1 unspecified atom stereocenters. The topological polar surface area (TPSA) is 46.2 Å². The first-order chi connectivity index (χ1) is 9.54. The van der Waals surface area contributed by atoms with Crippen molar-refractivity contribution in [3.8, 4) is 0 Å². The van der Waals surface area contributed by atoms with E-state index in [0.717, 1.165) is 12.8 Å². The van der Waals surface area contributed by atoms with E-state index in [2.05, 4.69) is 29.6 Å². The van der Waals surface area contributed by atoms with Crippen LogP contribution in [0.25, 0.3) is 0 Å². The summed E-state index contributed by atoms with van der Waals surface area (Å²) in [6.07, 6.45) is 4.06. The van der Waals surface area contributed by atoms with E-state index in [4.69, 9.17) is 0 Å². The second-order valence-electron chi connectivity index (χ2n) is 5.74. The highest BCUT2D eigenvalue weighted by molar-refractivity contribution is 7.91. The van der Waals surface area contributed by atoms with Crippen LogP contribution in [0.3, 0.4) is 0 Å². The Hall–Kier alpha value is -0.870. The molecule has 1 aliphatic carbocycles. The van der Waals surface area contributed by atoms with Gasteiger partial charge in [-0.05, 0) is 38.3 Å². The average molecular weight is 295 g/mol. The third kappa shape index (κ3) is 3.41. The van der Waals surface area contributed by atoms with Gasteiger partial charge in [-0.2, -0.15) is 0 Å². The smallest absolute Gasteiger partial charge is 0.150 e. The quantitative estimate of drug-likeness (QED) is 0.801. The van der Waals surface area contributed by atoms with E-state index < -0.39 is 9.84 Å². The van der Waals surface area contributed by atoms with Crippen LogP contribution >= 0.6 is 0 Å². The maximum absolute atomic E-state index is 11.6. The number of benzene rings is 1. The van der Waals surface area contributed by atoms with E-state index in [-0.39, 0.29) is 11.2 Å². The minimum atomic E-state index is -2.84. The molecule has 0 aromatic heterocycles. The van der Waals surface area contributed by atoms with Crippen LogP contribution in [0.4, 0.5) is 0 Å². The molecule has 0 heterocycles. The first-order valence-corrected chi connectivity index (χ1v) is 9.29. The van der Waals surface area contributed by atoms with Crippen molar-refractivity contribution >= 4 is 9.84 Å². The molecular weight excluding hydrogens is 270 g/mol. The zero-order valence-electron chi connectivity index (χ0n) is 12.4. The zero-order valence-corrected chi connectivity index (χ0v) is 13.2. The number of likely N-dealkylation sites (N-methyl/N-ethyl adjacent to an activating group) is 1. The lowest BCUT2D eigenvalue weighted by Gasteiger charge is -2.27. The van der Waals surface area contributed by atoms with Crippen LogP contribution in [-0.2, 0) is 15.3 Å². The Morgan fingerprint density at radius 1 is 1.25 bits per heavy atom. The van der Waals surface area contributed by atoms with Gasteiger partial charge in [0.1, 0.15) is 9.84 Å². The van der Waals surface area contributed by atoms with Gasteiger partial charge in [-0.3, -0.25) is 0 Å². The predicted octanol–water partition coefficient (Wildman–Crippen LogP) is 2.52. The summed E-state index contributed by atoms with van der Waals surface area (Å²) in [5, 5.41) is 3.41. The summed E-state index contributed by atoms with van der Waals surface area (Å²) >= 11 is 0. The average Bonchev–Trinajstić information content (AvgIpc) is 3.26. The molecule has 1 saturated carbocycles. The predicted molar refractivity (Wildman–Crippen MR) is 83.8 cm³/mol. The van der Waals surface area contributed by atoms with Crippen LogP contribution in [0.15, 0.2) is 30.3 Å². The van der Waals surface area contributed by atoms with Gasteiger partial charge in [0, 0.05) is 17.2 Å². The van der Waals surface area contributed by atoms with Gasteiger partial charge < -0.3 is 5.32 Å². The summed E-state index contributed by atoms with van der Waals surface area (Å²) < 4.78 is 23.2. The molecule has 0 bridgehead atoms. The molecule has 3 nitrogen and oxygen atoms in total. The highest BCUT2D eigenvalue weighted by Gasteiger charge is 2.49. The Morgan fingerprint density at radius 2 is 1.90 bits per heavy atom. The number of hydrogen-bond acceptors (Lipinski definition) is 3. The van der Waals surface area contributed by atoms with Crippen LogP contribution in [0, 0.1) is 0 Å². The van der Waals surface area contributed by atoms with Crippen molar-refractivity contribution < 1.29 is 8.42 Å². The molecule has 20 heavy (non-hydrogen) atoms. The van der Waals surface area contributed by atoms with Gasteiger partial charge in [-0.15, -0.1) is 0 Å². The molecule has 1 atom stereocenters. The zero-order chi connectivity index (χ0) is 14.6. The Labute approximate surface area is 122 Å². The second kappa shape index (κ2) is 6.27. The third-order valence-electron chi connectivity index (χ3n) is 4.54. The van der Waals surface area contributed by atoms with E-state index in [1.54, 1.807) is 6.92 Å². The SMILES string of the molecule is CCS(=O)(=O)CCCC(NC)C1(c2ccccc2)CC1. The summed E-state index contributed by atoms with van der Waals surface area (Å²) in [7, 11) is -0.853. The number of hydrogen-bond donors (Lipinski definition) is 1. The molecule has 1 N–H and O–H groups in total. The highest BCUT2D eigenvalue weighted by atomic mass is 32.2. The largest absolute Gasteiger partial charge is 0.316 e. The fraction of sp³-hybridized carbons (Fsp3) is 0.625. The van der Waals surface area contributed by atoms with Crippen molar-refractivity contribution in [1.29, 1.82) is 0 Å². The molecule has 0 spiro atoms. The number of nitrogens with one attached hydrogen (secondary N) is 1. The van der Waals surface area contributed by atoms with Crippen molar-refractivity contribution in [3.63, 3.8) is 0 Å². The minimum absolute atomic E-state index is 0.228. The Balaban J connectivity index is 1.99. The van der Waals surface area contributed by atoms with Gasteiger partial charge in [0.25, 0.3) is 0 Å². The molecule has 4 heteroatoms. The Morgan fingerprint density at radius 3 is 2.40 bits per heavy atom. The lowest BCUT2D eigenvalue weighted by atomic mass is 9.85. The molecule has 0 saturated heterocycles. The van der Waals surface area contributed by atoms with Crippen LogP contribution in [-0.4, -0.2) is 33.0 Å². The van der Waals surface area contributed by atoms with Crippen LogP contribution < -0.4 is 5.32 Å². The fourth-order valence-electron chi connectivity index (χ4n) is 3.09. The summed E-state index contributed by atoms with van der Waals surface area (Å²) in [5.41, 5.74) is 1.61. The normalized spacial score (nSPS) is 18.7. The van der Waals surface area contributed by atoms with Gasteiger partial charge in [-0.25, -0.2) is 8.42 Å². The van der Waals surface area contributed by atoms with Crippen LogP contribution in [0.2, 0.25) is 0 Å². The summed E-state index contributed by atoms with van der Waals surface area (Å²) in [4.78, 5) is 0. The molecular formula is C16H25NO2S. The fourth-order valence-corrected chi connectivity index (χ4v) is 3.99. The van der Waals surface area contributed by atoms with E-state index >= 15 is 0 Å². The first kappa shape index (κ1) is 15.5. The lowest BCUT2D eigenvalue weighted by Crippen LogP contribution is -2.38. The van der Waals surface area contributed by atoms with E-state index in [0.29, 0.717) is 11.8 Å². The van der Waals surface area contributed by atoms with E-state index in [1.165, 1.54) is 18.4 Å². The first-order valence-electron chi connectivity index (χ1n) is 7.47. The van der Waals surface area contributed by atoms with E-state index in [9.17, 15) is 8.42 Å². The lowest BCUT2D eigenvalue weighted by molar-refractivity contribution is 0.415. The Kier molecular flexibility index (Phi) is 4.86. The second-order valence-corrected chi connectivity index (χ2v) is 8.21. The third-order valence-corrected chi connectivity index (χ3v) is 6.33. The molecule has 1 aliphatic rings.